The number of nitrogens with one attached hydrogen (secondary N) is 1. The molecule has 0 amide bonds. The molecule has 70 valence electrons. The molecule has 13 heavy (non-hydrogen) atoms. The highest BCUT2D eigenvalue weighted by Crippen LogP contribution is 2.13. The molecular formula is C7H9N3O3. The maximum atomic E-state index is 11.2. The van der Waals surface area contributed by atoms with Crippen molar-refractivity contribution in [2.24, 2.45) is 0 Å². The van der Waals surface area contributed by atoms with Crippen LogP contribution < -0.4 is 17.0 Å². The summed E-state index contributed by atoms with van der Waals surface area (Å²) in [6, 6.07) is 0.00616. The van der Waals surface area contributed by atoms with Crippen LogP contribution in [-0.4, -0.2) is 22.8 Å². The highest BCUT2D eigenvalue weighted by molar-refractivity contribution is 5.30. The zero-order chi connectivity index (χ0) is 9.42. The molecule has 0 radical (unpaired) electrons. The molecule has 1 aliphatic rings. The van der Waals surface area contributed by atoms with Gasteiger partial charge < -0.3 is 10.5 Å². The van der Waals surface area contributed by atoms with Gasteiger partial charge in [0, 0.05) is 6.20 Å². The molecule has 2 heterocycles. The van der Waals surface area contributed by atoms with Gasteiger partial charge in [-0.1, -0.05) is 0 Å². The zero-order valence-corrected chi connectivity index (χ0v) is 6.82. The minimum Gasteiger partial charge on any atom is -0.393 e. The molecular weight excluding hydrogens is 174 g/mol. The minimum atomic E-state index is -0.540. The molecule has 1 aliphatic heterocycles. The third-order valence-electron chi connectivity index (χ3n) is 2.01. The van der Waals surface area contributed by atoms with Crippen molar-refractivity contribution in [3.05, 3.63) is 27.0 Å². The number of H-pyrrole nitrogens is 1. The summed E-state index contributed by atoms with van der Waals surface area (Å²) < 4.78 is 6.31. The SMILES string of the molecule is Nc1cn(C2COC2)c(=O)[nH]c1=O. The van der Waals surface area contributed by atoms with Crippen LogP contribution in [0.15, 0.2) is 15.8 Å². The number of hydrogen-bond donors (Lipinski definition) is 2. The van der Waals surface area contributed by atoms with Crippen molar-refractivity contribution >= 4 is 5.69 Å². The van der Waals surface area contributed by atoms with Gasteiger partial charge in [-0.2, -0.15) is 0 Å². The van der Waals surface area contributed by atoms with Crippen molar-refractivity contribution in [3.63, 3.8) is 0 Å². The summed E-state index contributed by atoms with van der Waals surface area (Å²) in [5, 5.41) is 0. The van der Waals surface area contributed by atoms with Crippen LogP contribution >= 0.6 is 0 Å². The number of nitrogens with two attached hydrogens (primary N) is 1. The van der Waals surface area contributed by atoms with Crippen molar-refractivity contribution in [2.45, 2.75) is 6.04 Å². The summed E-state index contributed by atoms with van der Waals surface area (Å²) in [4.78, 5) is 24.2. The van der Waals surface area contributed by atoms with Gasteiger partial charge in [-0.3, -0.25) is 14.3 Å². The second-order valence-corrected chi connectivity index (χ2v) is 2.94. The molecule has 1 aromatic heterocycles. The van der Waals surface area contributed by atoms with Gasteiger partial charge in [-0.25, -0.2) is 4.79 Å². The molecule has 1 aromatic rings. The van der Waals surface area contributed by atoms with Gasteiger partial charge in [0.15, 0.2) is 0 Å². The number of anilines is 1. The predicted octanol–water partition coefficient (Wildman–Crippen LogP) is -1.31. The quantitative estimate of drug-likeness (QED) is 0.565. The van der Waals surface area contributed by atoms with E-state index < -0.39 is 11.2 Å². The topological polar surface area (TPSA) is 90.1 Å². The minimum absolute atomic E-state index is 0.00616. The Hall–Kier alpha value is -1.56. The first-order chi connectivity index (χ1) is 6.18. The average molecular weight is 183 g/mol. The Morgan fingerprint density at radius 1 is 1.54 bits per heavy atom. The lowest BCUT2D eigenvalue weighted by Gasteiger charge is -2.27. The number of nitrogen functional groups attached to an aromatic ring is 1. The van der Waals surface area contributed by atoms with E-state index >= 15 is 0 Å². The molecule has 0 spiro atoms. The van der Waals surface area contributed by atoms with E-state index in [4.69, 9.17) is 10.5 Å². The largest absolute Gasteiger partial charge is 0.393 e. The predicted molar refractivity (Wildman–Crippen MR) is 45.6 cm³/mol. The first-order valence-corrected chi connectivity index (χ1v) is 3.87. The summed E-state index contributed by atoms with van der Waals surface area (Å²) >= 11 is 0. The molecule has 0 bridgehead atoms. The number of nitrogens with zero attached hydrogens (tertiary/aromatic N) is 1. The van der Waals surface area contributed by atoms with Crippen LogP contribution in [0.25, 0.3) is 0 Å². The van der Waals surface area contributed by atoms with Gasteiger partial charge in [-0.05, 0) is 0 Å². The van der Waals surface area contributed by atoms with Crippen LogP contribution in [0.1, 0.15) is 6.04 Å². The van der Waals surface area contributed by atoms with E-state index in [0.717, 1.165) is 0 Å². The van der Waals surface area contributed by atoms with Gasteiger partial charge in [0.1, 0.15) is 5.69 Å². The molecule has 2 rings (SSSR count). The van der Waals surface area contributed by atoms with Crippen molar-refractivity contribution in [3.8, 4) is 0 Å². The molecule has 0 atom stereocenters. The molecule has 3 N–H and O–H groups in total. The molecule has 0 aliphatic carbocycles. The number of hydrogen-bond acceptors (Lipinski definition) is 4. The molecule has 1 fully saturated rings. The fourth-order valence-electron chi connectivity index (χ4n) is 1.16. The Morgan fingerprint density at radius 3 is 2.77 bits per heavy atom. The Labute approximate surface area is 72.9 Å². The monoisotopic (exact) mass is 183 g/mol. The Balaban J connectivity index is 2.51. The first kappa shape index (κ1) is 8.06. The molecule has 0 saturated carbocycles. The highest BCUT2D eigenvalue weighted by Gasteiger charge is 2.21. The number of aromatic amines is 1. The van der Waals surface area contributed by atoms with Crippen LogP contribution in [0, 0.1) is 0 Å². The smallest absolute Gasteiger partial charge is 0.328 e. The Morgan fingerprint density at radius 2 is 2.23 bits per heavy atom. The van der Waals surface area contributed by atoms with E-state index in [0.29, 0.717) is 13.2 Å². The summed E-state index contributed by atoms with van der Waals surface area (Å²) in [6.07, 6.45) is 1.36. The van der Waals surface area contributed by atoms with Crippen LogP contribution in [0.2, 0.25) is 0 Å². The fourth-order valence-corrected chi connectivity index (χ4v) is 1.16. The first-order valence-electron chi connectivity index (χ1n) is 3.87. The Kier molecular flexibility index (Phi) is 1.70. The lowest BCUT2D eigenvalue weighted by Crippen LogP contribution is -2.40. The summed E-state index contributed by atoms with van der Waals surface area (Å²) in [5.41, 5.74) is 4.43. The van der Waals surface area contributed by atoms with Gasteiger partial charge in [0.2, 0.25) is 0 Å². The van der Waals surface area contributed by atoms with Gasteiger partial charge in [0.05, 0.1) is 19.3 Å². The lowest BCUT2D eigenvalue weighted by atomic mass is 10.2. The average Bonchev–Trinajstić information content (AvgIpc) is 1.96. The number of aromatic nitrogens is 2. The molecule has 1 saturated heterocycles. The second kappa shape index (κ2) is 2.74. The van der Waals surface area contributed by atoms with Crippen LogP contribution in [0.3, 0.4) is 0 Å². The van der Waals surface area contributed by atoms with Crippen molar-refractivity contribution in [2.75, 3.05) is 18.9 Å². The van der Waals surface area contributed by atoms with E-state index in [2.05, 4.69) is 4.98 Å². The van der Waals surface area contributed by atoms with E-state index in [1.54, 1.807) is 0 Å². The third-order valence-corrected chi connectivity index (χ3v) is 2.01. The van der Waals surface area contributed by atoms with Crippen LogP contribution in [0.4, 0.5) is 5.69 Å². The molecule has 6 heteroatoms. The van der Waals surface area contributed by atoms with Crippen molar-refractivity contribution < 1.29 is 4.74 Å². The van der Waals surface area contributed by atoms with Crippen molar-refractivity contribution in [1.82, 2.24) is 9.55 Å². The highest BCUT2D eigenvalue weighted by atomic mass is 16.5. The lowest BCUT2D eigenvalue weighted by molar-refractivity contribution is -0.0253. The summed E-state index contributed by atoms with van der Waals surface area (Å²) in [6.45, 7) is 0.983. The number of rotatable bonds is 1. The van der Waals surface area contributed by atoms with Gasteiger partial charge >= 0.3 is 5.69 Å². The molecule has 0 unspecified atom stereocenters. The van der Waals surface area contributed by atoms with Gasteiger partial charge in [-0.15, -0.1) is 0 Å². The van der Waals surface area contributed by atoms with E-state index in [1.807, 2.05) is 0 Å². The second-order valence-electron chi connectivity index (χ2n) is 2.94. The van der Waals surface area contributed by atoms with Crippen LogP contribution in [0.5, 0.6) is 0 Å². The third kappa shape index (κ3) is 1.25. The molecule has 6 nitrogen and oxygen atoms in total. The van der Waals surface area contributed by atoms with Crippen molar-refractivity contribution in [1.29, 1.82) is 0 Å². The maximum absolute atomic E-state index is 11.2. The van der Waals surface area contributed by atoms with E-state index in [9.17, 15) is 9.59 Å². The van der Waals surface area contributed by atoms with Crippen LogP contribution in [-0.2, 0) is 4.74 Å². The summed E-state index contributed by atoms with van der Waals surface area (Å²) in [7, 11) is 0. The fraction of sp³-hybridized carbons (Fsp3) is 0.429. The summed E-state index contributed by atoms with van der Waals surface area (Å²) in [5.74, 6) is 0. The van der Waals surface area contributed by atoms with E-state index in [1.165, 1.54) is 10.8 Å². The van der Waals surface area contributed by atoms with Gasteiger partial charge in [0.25, 0.3) is 5.56 Å². The Bertz CT molecular complexity index is 429. The normalized spacial score (nSPS) is 16.9. The zero-order valence-electron chi connectivity index (χ0n) is 6.82. The number of ether oxygens (including phenoxy) is 1. The van der Waals surface area contributed by atoms with E-state index in [-0.39, 0.29) is 11.7 Å². The standard InChI is InChI=1S/C7H9N3O3/c8-5-1-10(4-2-13-3-4)7(12)9-6(5)11/h1,4H,2-3,8H2,(H,9,11,12). The maximum Gasteiger partial charge on any atom is 0.328 e. The molecule has 0 aromatic carbocycles.